The first-order chi connectivity index (χ1) is 7.31. The molecule has 1 aliphatic heterocycles. The summed E-state index contributed by atoms with van der Waals surface area (Å²) in [5, 5.41) is 0.0863. The third-order valence-electron chi connectivity index (χ3n) is 2.45. The summed E-state index contributed by atoms with van der Waals surface area (Å²) in [5.74, 6) is 5.86. The van der Waals surface area contributed by atoms with Crippen molar-refractivity contribution in [1.82, 2.24) is 0 Å². The quantitative estimate of drug-likeness (QED) is 0.707. The average molecular weight is 216 g/mol. The zero-order valence-electron chi connectivity index (χ0n) is 8.62. The van der Waals surface area contributed by atoms with Gasteiger partial charge in [0.25, 0.3) is 0 Å². The van der Waals surface area contributed by atoms with Crippen molar-refractivity contribution in [2.75, 3.05) is 0 Å². The van der Waals surface area contributed by atoms with Crippen molar-refractivity contribution in [2.24, 2.45) is 0 Å². The molecular formula is C13H12OS. The van der Waals surface area contributed by atoms with Crippen molar-refractivity contribution in [3.8, 4) is 11.8 Å². The number of ketones is 1. The summed E-state index contributed by atoms with van der Waals surface area (Å²) in [6.07, 6.45) is 1.26. The lowest BCUT2D eigenvalue weighted by molar-refractivity contribution is -0.117. The van der Waals surface area contributed by atoms with Gasteiger partial charge in [0.2, 0.25) is 0 Å². The second kappa shape index (κ2) is 4.55. The highest BCUT2D eigenvalue weighted by Crippen LogP contribution is 2.37. The minimum absolute atomic E-state index is 0.0863. The monoisotopic (exact) mass is 216 g/mol. The molecule has 1 aromatic carbocycles. The van der Waals surface area contributed by atoms with Crippen LogP contribution in [-0.2, 0) is 11.2 Å². The van der Waals surface area contributed by atoms with Crippen LogP contribution >= 0.6 is 11.8 Å². The molecule has 0 aromatic heterocycles. The maximum absolute atomic E-state index is 11.7. The minimum Gasteiger partial charge on any atom is -0.297 e. The Hall–Kier alpha value is -1.20. The van der Waals surface area contributed by atoms with Crippen LogP contribution in [0.3, 0.4) is 0 Å². The van der Waals surface area contributed by atoms with Crippen molar-refractivity contribution >= 4 is 17.5 Å². The van der Waals surface area contributed by atoms with Gasteiger partial charge in [0.05, 0.1) is 11.7 Å². The maximum atomic E-state index is 11.7. The van der Waals surface area contributed by atoms with Crippen molar-refractivity contribution < 1.29 is 4.79 Å². The average Bonchev–Trinajstić information content (AvgIpc) is 2.69. The Labute approximate surface area is 94.3 Å². The van der Waals surface area contributed by atoms with Gasteiger partial charge in [-0.2, -0.15) is 0 Å². The Morgan fingerprint density at radius 1 is 1.53 bits per heavy atom. The molecule has 1 heterocycles. The van der Waals surface area contributed by atoms with Gasteiger partial charge in [0, 0.05) is 4.90 Å². The fourth-order valence-electron chi connectivity index (χ4n) is 1.65. The number of rotatable bonds is 2. The molecule has 0 fully saturated rings. The van der Waals surface area contributed by atoms with Gasteiger partial charge in [0.15, 0.2) is 5.78 Å². The highest BCUT2D eigenvalue weighted by Gasteiger charge is 2.26. The van der Waals surface area contributed by atoms with Crippen LogP contribution < -0.4 is 0 Å². The van der Waals surface area contributed by atoms with E-state index in [-0.39, 0.29) is 11.0 Å². The molecule has 0 bridgehead atoms. The maximum Gasteiger partial charge on any atom is 0.158 e. The van der Waals surface area contributed by atoms with E-state index in [2.05, 4.69) is 24.0 Å². The minimum atomic E-state index is 0.0863. The summed E-state index contributed by atoms with van der Waals surface area (Å²) in [6, 6.07) is 8.22. The first-order valence-corrected chi connectivity index (χ1v) is 5.86. The van der Waals surface area contributed by atoms with Crippen LogP contribution in [0.1, 0.15) is 18.9 Å². The van der Waals surface area contributed by atoms with Crippen molar-refractivity contribution in [3.05, 3.63) is 29.8 Å². The first kappa shape index (κ1) is 10.3. The summed E-state index contributed by atoms with van der Waals surface area (Å²) >= 11 is 1.68. The first-order valence-electron chi connectivity index (χ1n) is 4.98. The predicted octanol–water partition coefficient (Wildman–Crippen LogP) is 2.69. The Morgan fingerprint density at radius 3 is 3.07 bits per heavy atom. The van der Waals surface area contributed by atoms with Gasteiger partial charge < -0.3 is 0 Å². The molecule has 1 unspecified atom stereocenters. The van der Waals surface area contributed by atoms with E-state index >= 15 is 0 Å². The molecule has 0 radical (unpaired) electrons. The normalized spacial score (nSPS) is 17.8. The van der Waals surface area contributed by atoms with E-state index in [9.17, 15) is 4.79 Å². The van der Waals surface area contributed by atoms with Crippen LogP contribution in [0.4, 0.5) is 0 Å². The number of thioether (sulfide) groups is 1. The van der Waals surface area contributed by atoms with E-state index in [1.54, 1.807) is 18.7 Å². The summed E-state index contributed by atoms with van der Waals surface area (Å²) in [5.41, 5.74) is 1.30. The van der Waals surface area contributed by atoms with Gasteiger partial charge >= 0.3 is 0 Å². The highest BCUT2D eigenvalue weighted by molar-refractivity contribution is 8.01. The summed E-state index contributed by atoms with van der Waals surface area (Å²) in [7, 11) is 0. The summed E-state index contributed by atoms with van der Waals surface area (Å²) < 4.78 is 0. The number of Topliss-reactive ketones (excluding diaryl/α,β-unsaturated/α-hetero) is 1. The largest absolute Gasteiger partial charge is 0.297 e. The SMILES string of the molecule is CC#CCC(=O)C1Cc2ccccc2S1. The highest BCUT2D eigenvalue weighted by atomic mass is 32.2. The molecule has 0 N–H and O–H groups in total. The Morgan fingerprint density at radius 2 is 2.33 bits per heavy atom. The van der Waals surface area contributed by atoms with Gasteiger partial charge in [-0.1, -0.05) is 24.1 Å². The molecule has 76 valence electrons. The van der Waals surface area contributed by atoms with Gasteiger partial charge in [-0.3, -0.25) is 4.79 Å². The van der Waals surface area contributed by atoms with E-state index in [0.717, 1.165) is 6.42 Å². The third kappa shape index (κ3) is 2.24. The molecule has 1 nitrogen and oxygen atoms in total. The number of carbonyl (C=O) groups is 1. The molecule has 0 aliphatic carbocycles. The topological polar surface area (TPSA) is 17.1 Å². The summed E-state index contributed by atoms with van der Waals surface area (Å²) in [6.45, 7) is 1.77. The number of benzene rings is 1. The van der Waals surface area contributed by atoms with Crippen LogP contribution in [0.2, 0.25) is 0 Å². The molecule has 1 atom stereocenters. The second-order valence-corrected chi connectivity index (χ2v) is 4.73. The van der Waals surface area contributed by atoms with E-state index in [0.29, 0.717) is 6.42 Å². The Bertz CT molecular complexity index is 414. The number of hydrogen-bond acceptors (Lipinski definition) is 2. The molecule has 0 spiro atoms. The van der Waals surface area contributed by atoms with Crippen molar-refractivity contribution in [1.29, 1.82) is 0 Å². The Balaban J connectivity index is 2.06. The number of fused-ring (bicyclic) bond motifs is 1. The molecule has 15 heavy (non-hydrogen) atoms. The lowest BCUT2D eigenvalue weighted by Gasteiger charge is -2.03. The molecule has 0 amide bonds. The van der Waals surface area contributed by atoms with Gasteiger partial charge in [-0.05, 0) is 25.0 Å². The third-order valence-corrected chi connectivity index (χ3v) is 3.81. The number of hydrogen-bond donors (Lipinski definition) is 0. The lowest BCUT2D eigenvalue weighted by atomic mass is 10.1. The van der Waals surface area contributed by atoms with Crippen molar-refractivity contribution in [3.63, 3.8) is 0 Å². The van der Waals surface area contributed by atoms with E-state index in [1.807, 2.05) is 12.1 Å². The van der Waals surface area contributed by atoms with Crippen LogP contribution in [0.25, 0.3) is 0 Å². The molecule has 2 heteroatoms. The van der Waals surface area contributed by atoms with Gasteiger partial charge in [-0.25, -0.2) is 0 Å². The van der Waals surface area contributed by atoms with Crippen LogP contribution in [-0.4, -0.2) is 11.0 Å². The fourth-order valence-corrected chi connectivity index (χ4v) is 2.90. The smallest absolute Gasteiger partial charge is 0.158 e. The zero-order chi connectivity index (χ0) is 10.7. The molecular weight excluding hydrogens is 204 g/mol. The van der Waals surface area contributed by atoms with Crippen LogP contribution in [0, 0.1) is 11.8 Å². The van der Waals surface area contributed by atoms with Crippen molar-refractivity contribution in [2.45, 2.75) is 29.9 Å². The molecule has 0 saturated heterocycles. The molecule has 1 aromatic rings. The van der Waals surface area contributed by atoms with Crippen LogP contribution in [0.5, 0.6) is 0 Å². The molecule has 0 saturated carbocycles. The standard InChI is InChI=1S/C13H12OS/c1-2-3-7-11(14)13-9-10-6-4-5-8-12(10)15-13/h4-6,8,13H,7,9H2,1H3. The predicted molar refractivity (Wildman–Crippen MR) is 62.9 cm³/mol. The molecule has 2 rings (SSSR count). The lowest BCUT2D eigenvalue weighted by Crippen LogP contribution is -2.15. The van der Waals surface area contributed by atoms with Gasteiger partial charge in [-0.15, -0.1) is 17.7 Å². The van der Waals surface area contributed by atoms with Crippen LogP contribution in [0.15, 0.2) is 29.2 Å². The van der Waals surface area contributed by atoms with E-state index in [1.165, 1.54) is 10.5 Å². The summed E-state index contributed by atoms with van der Waals surface area (Å²) in [4.78, 5) is 13.0. The zero-order valence-corrected chi connectivity index (χ0v) is 9.43. The fraction of sp³-hybridized carbons (Fsp3) is 0.308. The van der Waals surface area contributed by atoms with E-state index < -0.39 is 0 Å². The van der Waals surface area contributed by atoms with Gasteiger partial charge in [0.1, 0.15) is 0 Å². The second-order valence-electron chi connectivity index (χ2n) is 3.49. The molecule has 1 aliphatic rings. The Kier molecular flexibility index (Phi) is 3.13. The van der Waals surface area contributed by atoms with E-state index in [4.69, 9.17) is 0 Å². The number of carbonyl (C=O) groups excluding carboxylic acids is 1.